The van der Waals surface area contributed by atoms with Crippen molar-refractivity contribution in [3.63, 3.8) is 0 Å². The van der Waals surface area contributed by atoms with Crippen LogP contribution in [0.25, 0.3) is 11.8 Å². The average Bonchev–Trinajstić information content (AvgIpc) is 3.06. The van der Waals surface area contributed by atoms with Gasteiger partial charge in [0.1, 0.15) is 5.75 Å². The largest absolute Gasteiger partial charge is 0.495 e. The van der Waals surface area contributed by atoms with Gasteiger partial charge in [-0.1, -0.05) is 30.3 Å². The van der Waals surface area contributed by atoms with Crippen molar-refractivity contribution in [3.8, 4) is 11.4 Å². The van der Waals surface area contributed by atoms with E-state index in [0.717, 1.165) is 22.6 Å². The summed E-state index contributed by atoms with van der Waals surface area (Å²) in [5, 5.41) is 7.25. The Labute approximate surface area is 181 Å². The fourth-order valence-electron chi connectivity index (χ4n) is 3.12. The van der Waals surface area contributed by atoms with Gasteiger partial charge in [-0.15, -0.1) is 0 Å². The summed E-state index contributed by atoms with van der Waals surface area (Å²) in [7, 11) is 1.52. The highest BCUT2D eigenvalue weighted by Crippen LogP contribution is 2.23. The van der Waals surface area contributed by atoms with E-state index < -0.39 is 18.0 Å². The van der Waals surface area contributed by atoms with Crippen molar-refractivity contribution < 1.29 is 19.1 Å². The van der Waals surface area contributed by atoms with Crippen molar-refractivity contribution >= 4 is 23.6 Å². The molecule has 1 N–H and O–H groups in total. The van der Waals surface area contributed by atoms with Crippen molar-refractivity contribution in [1.82, 2.24) is 9.78 Å². The molecular formula is C24H25N3O4. The van der Waals surface area contributed by atoms with Crippen LogP contribution >= 0.6 is 0 Å². The lowest BCUT2D eigenvalue weighted by Gasteiger charge is -2.14. The van der Waals surface area contributed by atoms with E-state index in [2.05, 4.69) is 10.4 Å². The van der Waals surface area contributed by atoms with Crippen LogP contribution in [0.2, 0.25) is 0 Å². The molecule has 7 nitrogen and oxygen atoms in total. The molecule has 0 aliphatic carbocycles. The lowest BCUT2D eigenvalue weighted by molar-refractivity contribution is -0.148. The Balaban J connectivity index is 1.65. The SMILES string of the molecule is COc1ccccc1NC(=O)[C@@H](C)OC(=O)/C=C/c1c(C)nn(-c2ccccc2)c1C. The molecule has 7 heteroatoms. The van der Waals surface area contributed by atoms with E-state index in [1.165, 1.54) is 20.1 Å². The molecule has 1 aromatic heterocycles. The number of amides is 1. The molecule has 3 rings (SSSR count). The van der Waals surface area contributed by atoms with Gasteiger partial charge in [0.05, 0.1) is 24.2 Å². The molecule has 31 heavy (non-hydrogen) atoms. The number of para-hydroxylation sites is 3. The van der Waals surface area contributed by atoms with Crippen LogP contribution in [-0.4, -0.2) is 34.9 Å². The first kappa shape index (κ1) is 21.8. The van der Waals surface area contributed by atoms with Gasteiger partial charge in [0, 0.05) is 17.3 Å². The van der Waals surface area contributed by atoms with Crippen LogP contribution in [0.1, 0.15) is 23.9 Å². The van der Waals surface area contributed by atoms with Gasteiger partial charge >= 0.3 is 5.97 Å². The summed E-state index contributed by atoms with van der Waals surface area (Å²) in [6.45, 7) is 5.32. The molecule has 3 aromatic rings. The van der Waals surface area contributed by atoms with Gasteiger partial charge in [-0.2, -0.15) is 5.10 Å². The van der Waals surface area contributed by atoms with Gasteiger partial charge in [0.2, 0.25) is 0 Å². The Morgan fingerprint density at radius 1 is 1.06 bits per heavy atom. The number of methoxy groups -OCH3 is 1. The Morgan fingerprint density at radius 3 is 2.45 bits per heavy atom. The summed E-state index contributed by atoms with van der Waals surface area (Å²) in [5.74, 6) is -0.542. The topological polar surface area (TPSA) is 82.4 Å². The predicted octanol–water partition coefficient (Wildman–Crippen LogP) is 4.08. The first-order chi connectivity index (χ1) is 14.9. The Bertz CT molecular complexity index is 1100. The molecule has 0 aliphatic rings. The molecule has 0 fully saturated rings. The van der Waals surface area contributed by atoms with E-state index in [4.69, 9.17) is 9.47 Å². The van der Waals surface area contributed by atoms with E-state index in [1.807, 2.05) is 48.9 Å². The van der Waals surface area contributed by atoms with Crippen molar-refractivity contribution in [3.05, 3.63) is 77.6 Å². The van der Waals surface area contributed by atoms with E-state index in [9.17, 15) is 9.59 Å². The lowest BCUT2D eigenvalue weighted by atomic mass is 10.2. The van der Waals surface area contributed by atoms with Crippen molar-refractivity contribution in [2.45, 2.75) is 26.9 Å². The Morgan fingerprint density at radius 2 is 1.74 bits per heavy atom. The number of aryl methyl sites for hydroxylation is 1. The fourth-order valence-corrected chi connectivity index (χ4v) is 3.12. The van der Waals surface area contributed by atoms with Crippen LogP contribution < -0.4 is 10.1 Å². The third-order valence-corrected chi connectivity index (χ3v) is 4.76. The Hall–Kier alpha value is -3.87. The molecule has 160 valence electrons. The van der Waals surface area contributed by atoms with Crippen molar-refractivity contribution in [2.75, 3.05) is 12.4 Å². The van der Waals surface area contributed by atoms with Crippen LogP contribution in [0.4, 0.5) is 5.69 Å². The highest BCUT2D eigenvalue weighted by Gasteiger charge is 2.18. The third kappa shape index (κ3) is 5.19. The van der Waals surface area contributed by atoms with E-state index in [0.29, 0.717) is 11.4 Å². The van der Waals surface area contributed by atoms with Crippen LogP contribution in [-0.2, 0) is 14.3 Å². The number of ether oxygens (including phenoxy) is 2. The number of benzene rings is 2. The molecule has 2 aromatic carbocycles. The van der Waals surface area contributed by atoms with Gasteiger partial charge in [0.25, 0.3) is 5.91 Å². The second kappa shape index (κ2) is 9.75. The normalized spacial score (nSPS) is 11.9. The van der Waals surface area contributed by atoms with Crippen molar-refractivity contribution in [1.29, 1.82) is 0 Å². The van der Waals surface area contributed by atoms with E-state index >= 15 is 0 Å². The number of rotatable bonds is 7. The van der Waals surface area contributed by atoms with Crippen LogP contribution in [0.15, 0.2) is 60.7 Å². The molecule has 0 saturated heterocycles. The minimum Gasteiger partial charge on any atom is -0.495 e. The fraction of sp³-hybridized carbons (Fsp3) is 0.208. The van der Waals surface area contributed by atoms with E-state index in [-0.39, 0.29) is 0 Å². The highest BCUT2D eigenvalue weighted by molar-refractivity contribution is 5.97. The maximum absolute atomic E-state index is 12.4. The number of hydrogen-bond acceptors (Lipinski definition) is 5. The summed E-state index contributed by atoms with van der Waals surface area (Å²) in [6.07, 6.45) is 1.99. The molecule has 0 radical (unpaired) electrons. The van der Waals surface area contributed by atoms with Crippen LogP contribution in [0.3, 0.4) is 0 Å². The number of anilines is 1. The smallest absolute Gasteiger partial charge is 0.331 e. The number of carbonyl (C=O) groups excluding carboxylic acids is 2. The maximum atomic E-state index is 12.4. The predicted molar refractivity (Wildman–Crippen MR) is 119 cm³/mol. The van der Waals surface area contributed by atoms with E-state index in [1.54, 1.807) is 30.3 Å². The van der Waals surface area contributed by atoms with Gasteiger partial charge in [-0.25, -0.2) is 9.48 Å². The van der Waals surface area contributed by atoms with Gasteiger partial charge < -0.3 is 14.8 Å². The minimum absolute atomic E-state index is 0.449. The van der Waals surface area contributed by atoms with Gasteiger partial charge in [0.15, 0.2) is 6.10 Å². The molecule has 0 bridgehead atoms. The number of esters is 1. The lowest BCUT2D eigenvalue weighted by Crippen LogP contribution is -2.29. The second-order valence-corrected chi connectivity index (χ2v) is 6.93. The zero-order valence-electron chi connectivity index (χ0n) is 18.0. The first-order valence-electron chi connectivity index (χ1n) is 9.85. The molecule has 1 amide bonds. The maximum Gasteiger partial charge on any atom is 0.331 e. The first-order valence-corrected chi connectivity index (χ1v) is 9.85. The summed E-state index contributed by atoms with van der Waals surface area (Å²) in [5.41, 5.74) is 3.95. The molecule has 0 aliphatic heterocycles. The summed E-state index contributed by atoms with van der Waals surface area (Å²) < 4.78 is 12.3. The third-order valence-electron chi connectivity index (χ3n) is 4.76. The average molecular weight is 419 g/mol. The number of carbonyl (C=O) groups is 2. The zero-order valence-corrected chi connectivity index (χ0v) is 18.0. The molecule has 1 atom stereocenters. The standard InChI is InChI=1S/C24H25N3O4/c1-16-20(17(2)27(26-16)19-10-6-5-7-11-19)14-15-23(28)31-18(3)24(29)25-21-12-8-9-13-22(21)30-4/h5-15,18H,1-4H3,(H,25,29)/b15-14+/t18-/m1/s1. The number of hydrogen-bond donors (Lipinski definition) is 1. The molecule has 0 unspecified atom stereocenters. The highest BCUT2D eigenvalue weighted by atomic mass is 16.5. The number of nitrogens with one attached hydrogen (secondary N) is 1. The quantitative estimate of drug-likeness (QED) is 0.461. The van der Waals surface area contributed by atoms with Gasteiger partial charge in [-0.05, 0) is 51.1 Å². The number of aromatic nitrogens is 2. The molecule has 1 heterocycles. The van der Waals surface area contributed by atoms with Crippen LogP contribution in [0, 0.1) is 13.8 Å². The van der Waals surface area contributed by atoms with Crippen LogP contribution in [0.5, 0.6) is 5.75 Å². The summed E-state index contributed by atoms with van der Waals surface area (Å²) >= 11 is 0. The minimum atomic E-state index is -0.976. The zero-order chi connectivity index (χ0) is 22.4. The summed E-state index contributed by atoms with van der Waals surface area (Å²) in [4.78, 5) is 24.6. The summed E-state index contributed by atoms with van der Waals surface area (Å²) in [6, 6.07) is 16.8. The Kier molecular flexibility index (Phi) is 6.87. The van der Waals surface area contributed by atoms with Crippen molar-refractivity contribution in [2.24, 2.45) is 0 Å². The number of nitrogens with zero attached hydrogens (tertiary/aromatic N) is 2. The molecule has 0 saturated carbocycles. The molecular weight excluding hydrogens is 394 g/mol. The monoisotopic (exact) mass is 419 g/mol. The second-order valence-electron chi connectivity index (χ2n) is 6.93. The van der Waals surface area contributed by atoms with Gasteiger partial charge in [-0.3, -0.25) is 4.79 Å². The molecule has 0 spiro atoms.